The molecule has 34 heavy (non-hydrogen) atoms. The van der Waals surface area contributed by atoms with Gasteiger partial charge in [0.1, 0.15) is 17.0 Å². The first-order valence-corrected chi connectivity index (χ1v) is 12.2. The second-order valence-electron chi connectivity index (χ2n) is 7.81. The lowest BCUT2D eigenvalue weighted by Gasteiger charge is -2.14. The molecule has 0 aliphatic heterocycles. The highest BCUT2D eigenvalue weighted by Gasteiger charge is 2.11. The summed E-state index contributed by atoms with van der Waals surface area (Å²) in [4.78, 5) is 4.61. The van der Waals surface area contributed by atoms with Gasteiger partial charge in [0, 0.05) is 27.2 Å². The average Bonchev–Trinajstić information content (AvgIpc) is 2.81. The maximum Gasteiger partial charge on any atom is 0.169 e. The zero-order chi connectivity index (χ0) is 23.9. The summed E-state index contributed by atoms with van der Waals surface area (Å²) in [5.74, 6) is 2.41. The molecule has 176 valence electrons. The van der Waals surface area contributed by atoms with Crippen molar-refractivity contribution in [2.24, 2.45) is 0 Å². The Hall–Kier alpha value is -2.66. The summed E-state index contributed by atoms with van der Waals surface area (Å²) in [6.45, 7) is 3.13. The molecule has 0 N–H and O–H groups in total. The standard InChI is InChI=1S/C27H24Cl3NO3/c1-18-8-9-19-6-5-7-25(27(19)31-18)32-14-3-2-4-15-33-26-17-21(29)11-13-24(26)34-23-12-10-20(28)16-22(23)30/h5-13,16-17H,2-4,14-15H2,1H3. The fourth-order valence-electron chi connectivity index (χ4n) is 3.43. The van der Waals surface area contributed by atoms with Gasteiger partial charge in [0.05, 0.1) is 18.2 Å². The maximum atomic E-state index is 6.23. The van der Waals surface area contributed by atoms with E-state index in [9.17, 15) is 0 Å². The topological polar surface area (TPSA) is 40.6 Å². The number of unbranched alkanes of at least 4 members (excludes halogenated alkanes) is 2. The normalized spacial score (nSPS) is 10.9. The summed E-state index contributed by atoms with van der Waals surface area (Å²) in [6.07, 6.45) is 2.73. The van der Waals surface area contributed by atoms with E-state index in [1.54, 1.807) is 36.4 Å². The van der Waals surface area contributed by atoms with Crippen LogP contribution in [0.1, 0.15) is 25.0 Å². The van der Waals surface area contributed by atoms with Crippen LogP contribution in [0.15, 0.2) is 66.7 Å². The summed E-state index contributed by atoms with van der Waals surface area (Å²) in [6, 6.07) is 20.4. The molecule has 1 aromatic heterocycles. The van der Waals surface area contributed by atoms with Gasteiger partial charge in [-0.25, -0.2) is 4.98 Å². The molecule has 0 saturated heterocycles. The van der Waals surface area contributed by atoms with Crippen molar-refractivity contribution in [3.05, 3.63) is 87.5 Å². The van der Waals surface area contributed by atoms with E-state index in [-0.39, 0.29) is 0 Å². The number of ether oxygens (including phenoxy) is 3. The minimum atomic E-state index is 0.421. The Morgan fingerprint density at radius 3 is 2.15 bits per heavy atom. The molecule has 4 rings (SSSR count). The van der Waals surface area contributed by atoms with Crippen molar-refractivity contribution in [2.75, 3.05) is 13.2 Å². The lowest BCUT2D eigenvalue weighted by atomic mass is 10.2. The molecule has 1 heterocycles. The van der Waals surface area contributed by atoms with Crippen LogP contribution < -0.4 is 14.2 Å². The van der Waals surface area contributed by atoms with Gasteiger partial charge < -0.3 is 14.2 Å². The van der Waals surface area contributed by atoms with E-state index in [1.807, 2.05) is 31.2 Å². The largest absolute Gasteiger partial charge is 0.491 e. The molecule has 0 spiro atoms. The predicted molar refractivity (Wildman–Crippen MR) is 139 cm³/mol. The number of pyridine rings is 1. The molecule has 4 nitrogen and oxygen atoms in total. The SMILES string of the molecule is Cc1ccc2cccc(OCCCCCOc3cc(Cl)ccc3Oc3ccc(Cl)cc3Cl)c2n1. The van der Waals surface area contributed by atoms with Crippen molar-refractivity contribution in [1.82, 2.24) is 4.98 Å². The van der Waals surface area contributed by atoms with Crippen molar-refractivity contribution in [1.29, 1.82) is 0 Å². The number of aryl methyl sites for hydroxylation is 1. The molecule has 7 heteroatoms. The first-order chi connectivity index (χ1) is 16.5. The summed E-state index contributed by atoms with van der Waals surface area (Å²) in [7, 11) is 0. The average molecular weight is 517 g/mol. The molecule has 0 saturated carbocycles. The third-order valence-corrected chi connectivity index (χ3v) is 5.91. The molecule has 0 bridgehead atoms. The fourth-order valence-corrected chi connectivity index (χ4v) is 4.04. The molecular formula is C27H24Cl3NO3. The molecule has 4 aromatic rings. The molecule has 0 fully saturated rings. The first kappa shape index (κ1) is 24.5. The van der Waals surface area contributed by atoms with Crippen LogP contribution in [0.4, 0.5) is 0 Å². The first-order valence-electron chi connectivity index (χ1n) is 11.0. The Kier molecular flexibility index (Phi) is 8.39. The highest BCUT2D eigenvalue weighted by Crippen LogP contribution is 2.37. The van der Waals surface area contributed by atoms with Crippen molar-refractivity contribution >= 4 is 45.7 Å². The fraction of sp³-hybridized carbons (Fsp3) is 0.222. The minimum absolute atomic E-state index is 0.421. The van der Waals surface area contributed by atoms with Crippen LogP contribution in [0.2, 0.25) is 15.1 Å². The second kappa shape index (κ2) is 11.7. The van der Waals surface area contributed by atoms with Gasteiger partial charge in [-0.1, -0.05) is 53.0 Å². The van der Waals surface area contributed by atoms with Crippen LogP contribution in [0.25, 0.3) is 10.9 Å². The van der Waals surface area contributed by atoms with E-state index in [2.05, 4.69) is 11.1 Å². The van der Waals surface area contributed by atoms with E-state index >= 15 is 0 Å². The molecule has 0 unspecified atom stereocenters. The Morgan fingerprint density at radius 2 is 1.38 bits per heavy atom. The minimum Gasteiger partial charge on any atom is -0.491 e. The van der Waals surface area contributed by atoms with Gasteiger partial charge in [0.25, 0.3) is 0 Å². The lowest BCUT2D eigenvalue weighted by molar-refractivity contribution is 0.274. The van der Waals surface area contributed by atoms with Gasteiger partial charge in [-0.05, 0) is 68.7 Å². The summed E-state index contributed by atoms with van der Waals surface area (Å²) in [5.41, 5.74) is 1.88. The van der Waals surface area contributed by atoms with Gasteiger partial charge >= 0.3 is 0 Å². The third-order valence-electron chi connectivity index (χ3n) is 5.15. The quantitative estimate of drug-likeness (QED) is 0.197. The van der Waals surface area contributed by atoms with Crippen molar-refractivity contribution < 1.29 is 14.2 Å². The highest BCUT2D eigenvalue weighted by molar-refractivity contribution is 6.35. The van der Waals surface area contributed by atoms with Crippen molar-refractivity contribution in [2.45, 2.75) is 26.2 Å². The Balaban J connectivity index is 1.26. The third kappa shape index (κ3) is 6.47. The van der Waals surface area contributed by atoms with E-state index < -0.39 is 0 Å². The van der Waals surface area contributed by atoms with E-state index in [4.69, 9.17) is 49.0 Å². The van der Waals surface area contributed by atoms with E-state index in [1.165, 1.54) is 0 Å². The number of hydrogen-bond acceptors (Lipinski definition) is 4. The molecule has 0 radical (unpaired) electrons. The van der Waals surface area contributed by atoms with Crippen LogP contribution in [-0.2, 0) is 0 Å². The van der Waals surface area contributed by atoms with E-state index in [0.717, 1.165) is 41.6 Å². The molecule has 0 aliphatic rings. The Labute approximate surface area is 214 Å². The summed E-state index contributed by atoms with van der Waals surface area (Å²) < 4.78 is 17.9. The number of aromatic nitrogens is 1. The van der Waals surface area contributed by atoms with Gasteiger partial charge in [0.15, 0.2) is 11.5 Å². The number of rotatable bonds is 10. The molecular weight excluding hydrogens is 493 g/mol. The summed E-state index contributed by atoms with van der Waals surface area (Å²) in [5, 5.41) is 2.61. The van der Waals surface area contributed by atoms with Gasteiger partial charge in [0.2, 0.25) is 0 Å². The smallest absolute Gasteiger partial charge is 0.169 e. The zero-order valence-electron chi connectivity index (χ0n) is 18.7. The highest BCUT2D eigenvalue weighted by atomic mass is 35.5. The van der Waals surface area contributed by atoms with E-state index in [0.29, 0.717) is 45.5 Å². The number of hydrogen-bond donors (Lipinski definition) is 0. The van der Waals surface area contributed by atoms with Crippen LogP contribution in [0.3, 0.4) is 0 Å². The van der Waals surface area contributed by atoms with Gasteiger partial charge in [-0.3, -0.25) is 0 Å². The Bertz CT molecular complexity index is 1280. The van der Waals surface area contributed by atoms with Crippen LogP contribution >= 0.6 is 34.8 Å². The van der Waals surface area contributed by atoms with Crippen LogP contribution in [-0.4, -0.2) is 18.2 Å². The molecule has 0 aliphatic carbocycles. The van der Waals surface area contributed by atoms with Crippen molar-refractivity contribution in [3.63, 3.8) is 0 Å². The Morgan fingerprint density at radius 1 is 0.676 bits per heavy atom. The molecule has 0 amide bonds. The lowest BCUT2D eigenvalue weighted by Crippen LogP contribution is -2.02. The predicted octanol–water partition coefficient (Wildman–Crippen LogP) is 8.92. The van der Waals surface area contributed by atoms with Crippen molar-refractivity contribution in [3.8, 4) is 23.0 Å². The number of fused-ring (bicyclic) bond motifs is 1. The summed E-state index contributed by atoms with van der Waals surface area (Å²) >= 11 is 18.4. The monoisotopic (exact) mass is 515 g/mol. The number of nitrogens with zero attached hydrogens (tertiary/aromatic N) is 1. The maximum absolute atomic E-state index is 6.23. The number of para-hydroxylation sites is 1. The second-order valence-corrected chi connectivity index (χ2v) is 9.09. The number of halogens is 3. The zero-order valence-corrected chi connectivity index (χ0v) is 21.0. The van der Waals surface area contributed by atoms with Gasteiger partial charge in [-0.15, -0.1) is 0 Å². The molecule has 3 aromatic carbocycles. The number of benzene rings is 3. The molecule has 0 atom stereocenters. The van der Waals surface area contributed by atoms with Crippen LogP contribution in [0.5, 0.6) is 23.0 Å². The van der Waals surface area contributed by atoms with Crippen LogP contribution in [0, 0.1) is 6.92 Å². The van der Waals surface area contributed by atoms with Gasteiger partial charge in [-0.2, -0.15) is 0 Å².